The molecule has 0 spiro atoms. The molecule has 1 heterocycles. The van der Waals surface area contributed by atoms with Crippen LogP contribution >= 0.6 is 0 Å². The van der Waals surface area contributed by atoms with Gasteiger partial charge in [0.2, 0.25) is 0 Å². The summed E-state index contributed by atoms with van der Waals surface area (Å²) in [6, 6.07) is 11.2. The number of phenolic OH excluding ortho intramolecular Hbond substituents is 2. The number of aromatic nitrogens is 2. The van der Waals surface area contributed by atoms with Gasteiger partial charge in [0.1, 0.15) is 17.2 Å². The molecule has 0 aliphatic rings. The number of aromatic hydroxyl groups is 2. The van der Waals surface area contributed by atoms with Gasteiger partial charge in [-0.25, -0.2) is 0 Å². The van der Waals surface area contributed by atoms with Gasteiger partial charge in [0, 0.05) is 23.8 Å². The van der Waals surface area contributed by atoms with Gasteiger partial charge < -0.3 is 36.3 Å². The summed E-state index contributed by atoms with van der Waals surface area (Å²) in [4.78, 5) is 11.2. The zero-order valence-corrected chi connectivity index (χ0v) is 17.3. The van der Waals surface area contributed by atoms with E-state index in [1.165, 1.54) is 18.2 Å². The second-order valence-electron chi connectivity index (χ2n) is 7.33. The van der Waals surface area contributed by atoms with Crippen molar-refractivity contribution in [3.8, 4) is 17.2 Å². The van der Waals surface area contributed by atoms with Crippen LogP contribution in [0.1, 0.15) is 40.3 Å². The zero-order chi connectivity index (χ0) is 23.3. The minimum absolute atomic E-state index is 0.00742. The van der Waals surface area contributed by atoms with Gasteiger partial charge in [-0.05, 0) is 53.6 Å². The Balaban J connectivity index is 1.49. The lowest BCUT2D eigenvalue weighted by Gasteiger charge is -2.18. The summed E-state index contributed by atoms with van der Waals surface area (Å²) in [5.41, 5.74) is 6.16. The van der Waals surface area contributed by atoms with Crippen LogP contribution in [0, 0.1) is 5.21 Å². The molecule has 1 amide bonds. The Morgan fingerprint density at radius 1 is 1.25 bits per heavy atom. The van der Waals surface area contributed by atoms with Gasteiger partial charge in [-0.15, -0.1) is 0 Å². The third kappa shape index (κ3) is 5.86. The van der Waals surface area contributed by atoms with E-state index in [4.69, 9.17) is 10.5 Å². The Morgan fingerprint density at radius 2 is 1.91 bits per heavy atom. The highest BCUT2D eigenvalue weighted by atomic mass is 16.8. The van der Waals surface area contributed by atoms with Crippen LogP contribution in [0.15, 0.2) is 47.1 Å². The molecular formula is C21H24N4O7. The average molecular weight is 444 g/mol. The molecule has 6 N–H and O–H groups in total. The smallest absolute Gasteiger partial charge is 0.297 e. The first-order valence-corrected chi connectivity index (χ1v) is 9.77. The van der Waals surface area contributed by atoms with Crippen molar-refractivity contribution in [1.82, 2.24) is 10.5 Å². The summed E-state index contributed by atoms with van der Waals surface area (Å²) >= 11 is 0. The quantitative estimate of drug-likeness (QED) is 0.281. The number of nitrogens with two attached hydrogens (primary N) is 1. The van der Waals surface area contributed by atoms with Gasteiger partial charge in [0.25, 0.3) is 17.3 Å². The molecule has 11 heteroatoms. The minimum atomic E-state index is -0.956. The first-order chi connectivity index (χ1) is 15.2. The van der Waals surface area contributed by atoms with E-state index in [1.807, 2.05) is 19.1 Å². The fourth-order valence-electron chi connectivity index (χ4n) is 3.14. The normalized spacial score (nSPS) is 12.9. The van der Waals surface area contributed by atoms with Crippen LogP contribution in [0.4, 0.5) is 0 Å². The summed E-state index contributed by atoms with van der Waals surface area (Å²) in [5.74, 6) is -0.681. The predicted molar refractivity (Wildman–Crippen MR) is 111 cm³/mol. The molecule has 0 bridgehead atoms. The number of aliphatic hydroxyl groups is 1. The van der Waals surface area contributed by atoms with Crippen molar-refractivity contribution in [3.63, 3.8) is 0 Å². The molecule has 11 nitrogen and oxygen atoms in total. The number of hydrogen-bond acceptors (Lipinski definition) is 9. The van der Waals surface area contributed by atoms with Crippen molar-refractivity contribution in [2.24, 2.45) is 5.73 Å². The van der Waals surface area contributed by atoms with E-state index in [0.29, 0.717) is 17.7 Å². The minimum Gasteiger partial charge on any atom is -0.508 e. The molecule has 3 aromatic rings. The second kappa shape index (κ2) is 9.98. The lowest BCUT2D eigenvalue weighted by molar-refractivity contribution is -0.803. The Hall–Kier alpha value is -3.83. The molecule has 0 fully saturated rings. The number of ether oxygens (including phenoxy) is 1. The fourth-order valence-corrected chi connectivity index (χ4v) is 3.14. The molecule has 2 aromatic carbocycles. The number of benzene rings is 2. The number of primary amides is 1. The highest BCUT2D eigenvalue weighted by Gasteiger charge is 2.24. The molecular weight excluding hydrogens is 420 g/mol. The van der Waals surface area contributed by atoms with Gasteiger partial charge in [-0.1, -0.05) is 12.1 Å². The molecule has 3 rings (SSSR count). The van der Waals surface area contributed by atoms with Crippen molar-refractivity contribution in [2.45, 2.75) is 32.1 Å². The molecule has 0 aliphatic carbocycles. The number of hydrogen-bond donors (Lipinski definition) is 5. The second-order valence-corrected chi connectivity index (χ2v) is 7.33. The number of carbonyl (C=O) groups is 1. The molecule has 0 saturated heterocycles. The van der Waals surface area contributed by atoms with E-state index in [2.05, 4.69) is 15.1 Å². The average Bonchev–Trinajstić information content (AvgIpc) is 3.11. The summed E-state index contributed by atoms with van der Waals surface area (Å²) in [6.45, 7) is 2.05. The van der Waals surface area contributed by atoms with Crippen molar-refractivity contribution >= 4 is 5.91 Å². The van der Waals surface area contributed by atoms with Crippen molar-refractivity contribution in [3.05, 3.63) is 70.2 Å². The lowest BCUT2D eigenvalue weighted by Crippen LogP contribution is -2.35. The molecule has 32 heavy (non-hydrogen) atoms. The zero-order valence-electron chi connectivity index (χ0n) is 17.3. The van der Waals surface area contributed by atoms with Crippen molar-refractivity contribution in [2.75, 3.05) is 6.54 Å². The first-order valence-electron chi connectivity index (χ1n) is 9.77. The predicted octanol–water partition coefficient (Wildman–Crippen LogP) is 0.651. The number of nitrogens with zero attached hydrogens (tertiary/aromatic N) is 2. The molecule has 0 aliphatic heterocycles. The Morgan fingerprint density at radius 3 is 2.53 bits per heavy atom. The third-order valence-corrected chi connectivity index (χ3v) is 4.72. The summed E-state index contributed by atoms with van der Waals surface area (Å²) in [5, 5.41) is 47.3. The lowest BCUT2D eigenvalue weighted by atomic mass is 10.1. The van der Waals surface area contributed by atoms with Crippen molar-refractivity contribution in [1.29, 1.82) is 0 Å². The van der Waals surface area contributed by atoms with Crippen LogP contribution in [0.3, 0.4) is 0 Å². The Kier molecular flexibility index (Phi) is 7.13. The number of phenols is 2. The number of amides is 1. The maximum absolute atomic E-state index is 11.3. The summed E-state index contributed by atoms with van der Waals surface area (Å²) in [7, 11) is 0. The maximum Gasteiger partial charge on any atom is 0.297 e. The van der Waals surface area contributed by atoms with Gasteiger partial charge in [0.15, 0.2) is 6.61 Å². The van der Waals surface area contributed by atoms with E-state index < -0.39 is 17.7 Å². The van der Waals surface area contributed by atoms with Crippen LogP contribution in [0.2, 0.25) is 0 Å². The number of carbonyl (C=O) groups excluding carboxylic acids is 1. The summed E-state index contributed by atoms with van der Waals surface area (Å²) in [6.07, 6.45) is -0.218. The van der Waals surface area contributed by atoms with Crippen LogP contribution in [-0.2, 0) is 13.0 Å². The topological polar surface area (TPSA) is 178 Å². The third-order valence-electron chi connectivity index (χ3n) is 4.72. The maximum atomic E-state index is 11.3. The van der Waals surface area contributed by atoms with E-state index in [0.717, 1.165) is 5.56 Å². The molecule has 1 aromatic heterocycles. The molecule has 0 radical (unpaired) electrons. The van der Waals surface area contributed by atoms with E-state index >= 15 is 0 Å². The molecule has 0 saturated carbocycles. The Labute approximate surface area is 183 Å². The van der Waals surface area contributed by atoms with Crippen LogP contribution in [0.25, 0.3) is 0 Å². The van der Waals surface area contributed by atoms with Crippen molar-refractivity contribution < 1.29 is 34.4 Å². The number of rotatable bonds is 10. The van der Waals surface area contributed by atoms with Gasteiger partial charge in [-0.2, -0.15) is 0 Å². The highest BCUT2D eigenvalue weighted by molar-refractivity contribution is 5.90. The molecule has 170 valence electrons. The van der Waals surface area contributed by atoms with E-state index in [9.17, 15) is 25.3 Å². The van der Waals surface area contributed by atoms with Crippen LogP contribution < -0.4 is 20.7 Å². The molecule has 0 unspecified atom stereocenters. The van der Waals surface area contributed by atoms with Gasteiger partial charge in [-0.3, -0.25) is 9.42 Å². The van der Waals surface area contributed by atoms with Crippen LogP contribution in [0.5, 0.6) is 17.2 Å². The monoisotopic (exact) mass is 444 g/mol. The van der Waals surface area contributed by atoms with E-state index in [1.54, 1.807) is 12.1 Å². The van der Waals surface area contributed by atoms with E-state index in [-0.39, 0.29) is 41.3 Å². The largest absolute Gasteiger partial charge is 0.508 e. The first kappa shape index (κ1) is 22.8. The summed E-state index contributed by atoms with van der Waals surface area (Å²) < 4.78 is 9.90. The van der Waals surface area contributed by atoms with Gasteiger partial charge in [0.05, 0.1) is 6.10 Å². The number of aliphatic hydroxyl groups excluding tert-OH is 1. The highest BCUT2D eigenvalue weighted by Crippen LogP contribution is 2.24. The standard InChI is InChI=1S/C21H24N4O7/c1-12(23-10-19(28)14-7-15(26)9-16(27)8-14)6-13-2-4-17(5-3-13)31-11-18-20(21(22)29)25(30)32-24-18/h2-5,7-9,12,19,23,26-28H,6,10-11H2,1H3,(H2,22,29)/t12-,19-/m0/s1. The Bertz CT molecular complexity index is 1050. The number of nitrogens with one attached hydrogen (secondary N) is 1. The van der Waals surface area contributed by atoms with Crippen LogP contribution in [-0.4, -0.2) is 39.0 Å². The van der Waals surface area contributed by atoms with Gasteiger partial charge >= 0.3 is 0 Å². The molecule has 2 atom stereocenters. The SMILES string of the molecule is C[C@@H](Cc1ccc(OCc2no[n+]([O-])c2C(N)=O)cc1)NC[C@H](O)c1cc(O)cc(O)c1. The fraction of sp³-hybridized carbons (Fsp3) is 0.286.